The van der Waals surface area contributed by atoms with Gasteiger partial charge >= 0.3 is 5.97 Å². The first kappa shape index (κ1) is 23.9. The van der Waals surface area contributed by atoms with E-state index in [2.05, 4.69) is 4.99 Å². The van der Waals surface area contributed by atoms with Gasteiger partial charge < -0.3 is 14.2 Å². The monoisotopic (exact) mass is 496 g/mol. The summed E-state index contributed by atoms with van der Waals surface area (Å²) in [6, 6.07) is 10.9. The topological polar surface area (TPSA) is 79.1 Å². The van der Waals surface area contributed by atoms with Crippen LogP contribution < -0.4 is 19.6 Å². The zero-order chi connectivity index (χ0) is 24.1. The van der Waals surface area contributed by atoms with Crippen LogP contribution in [0.2, 0.25) is 0 Å². The molecule has 3 aromatic rings. The molecular weight excluding hydrogens is 472 g/mol. The standard InChI is InChI=1S/C25H24N2O5S2/c1-16-21(24(29)32-14-13-30-2)22(19-12-7-15-33-19)27-23(28)20(34-25(27)26-16)11-6-9-17-8-4-5-10-18(17)31-3/h4-12,15,22H,13-14H2,1-3H3/b9-6-,20-11?/t22-/m1/s1. The zero-order valence-electron chi connectivity index (χ0n) is 19.0. The van der Waals surface area contributed by atoms with Gasteiger partial charge in [0, 0.05) is 17.6 Å². The molecule has 4 rings (SSSR count). The molecule has 0 unspecified atom stereocenters. The molecule has 7 nitrogen and oxygen atoms in total. The van der Waals surface area contributed by atoms with Gasteiger partial charge in [0.2, 0.25) is 0 Å². The second-order valence-electron chi connectivity index (χ2n) is 7.35. The van der Waals surface area contributed by atoms with Crippen molar-refractivity contribution in [2.45, 2.75) is 13.0 Å². The Hall–Kier alpha value is -3.27. The van der Waals surface area contributed by atoms with Gasteiger partial charge in [-0.25, -0.2) is 9.79 Å². The van der Waals surface area contributed by atoms with Crippen LogP contribution in [-0.2, 0) is 14.3 Å². The minimum atomic E-state index is -0.591. The zero-order valence-corrected chi connectivity index (χ0v) is 20.7. The van der Waals surface area contributed by atoms with Gasteiger partial charge in [0.25, 0.3) is 5.56 Å². The summed E-state index contributed by atoms with van der Waals surface area (Å²) in [5.41, 5.74) is 1.60. The van der Waals surface area contributed by atoms with E-state index >= 15 is 0 Å². The molecule has 2 aromatic heterocycles. The Morgan fingerprint density at radius 1 is 1.18 bits per heavy atom. The second-order valence-corrected chi connectivity index (χ2v) is 9.34. The number of carbonyl (C=O) groups excluding carboxylic acids is 1. The van der Waals surface area contributed by atoms with Crippen LogP contribution in [0.1, 0.15) is 23.4 Å². The van der Waals surface area contributed by atoms with Crippen LogP contribution in [0.5, 0.6) is 5.75 Å². The van der Waals surface area contributed by atoms with E-state index in [0.717, 1.165) is 16.2 Å². The second kappa shape index (κ2) is 10.8. The fourth-order valence-electron chi connectivity index (χ4n) is 3.65. The number of hydrogen-bond acceptors (Lipinski definition) is 8. The van der Waals surface area contributed by atoms with E-state index in [4.69, 9.17) is 14.2 Å². The lowest BCUT2D eigenvalue weighted by molar-refractivity contribution is -0.140. The average molecular weight is 497 g/mol. The highest BCUT2D eigenvalue weighted by Gasteiger charge is 2.33. The Labute approximate surface area is 204 Å². The number of methoxy groups -OCH3 is 2. The summed E-state index contributed by atoms with van der Waals surface area (Å²) in [7, 11) is 3.16. The number of para-hydroxylation sites is 1. The molecule has 0 spiro atoms. The summed E-state index contributed by atoms with van der Waals surface area (Å²) in [6.07, 6.45) is 5.47. The molecule has 0 saturated heterocycles. The molecule has 0 saturated carbocycles. The maximum Gasteiger partial charge on any atom is 0.338 e. The molecule has 0 radical (unpaired) electrons. The lowest BCUT2D eigenvalue weighted by Crippen LogP contribution is -2.39. The number of benzene rings is 1. The molecule has 1 aliphatic heterocycles. The smallest absolute Gasteiger partial charge is 0.338 e. The summed E-state index contributed by atoms with van der Waals surface area (Å²) in [5.74, 6) is 0.251. The molecule has 1 atom stereocenters. The quantitative estimate of drug-likeness (QED) is 0.354. The number of allylic oxidation sites excluding steroid dienone is 2. The number of thiazole rings is 1. The van der Waals surface area contributed by atoms with E-state index in [-0.39, 0.29) is 12.2 Å². The van der Waals surface area contributed by atoms with E-state index in [9.17, 15) is 9.59 Å². The molecule has 0 bridgehead atoms. The number of fused-ring (bicyclic) bond motifs is 1. The Balaban J connectivity index is 1.76. The number of hydrogen-bond donors (Lipinski definition) is 0. The lowest BCUT2D eigenvalue weighted by Gasteiger charge is -2.23. The lowest BCUT2D eigenvalue weighted by atomic mass is 10.0. The Morgan fingerprint density at radius 3 is 2.74 bits per heavy atom. The van der Waals surface area contributed by atoms with Crippen LogP contribution in [-0.4, -0.2) is 38.0 Å². The molecule has 176 valence electrons. The predicted octanol–water partition coefficient (Wildman–Crippen LogP) is 3.16. The van der Waals surface area contributed by atoms with E-state index in [1.54, 1.807) is 31.8 Å². The normalized spacial score (nSPS) is 16.0. The first-order valence-electron chi connectivity index (χ1n) is 10.6. The van der Waals surface area contributed by atoms with Gasteiger partial charge in [-0.2, -0.15) is 0 Å². The maximum atomic E-state index is 13.5. The molecule has 3 heterocycles. The first-order chi connectivity index (χ1) is 16.5. The molecule has 0 N–H and O–H groups in total. The van der Waals surface area contributed by atoms with Crippen molar-refractivity contribution in [3.63, 3.8) is 0 Å². The van der Waals surface area contributed by atoms with Crippen molar-refractivity contribution in [1.29, 1.82) is 0 Å². The van der Waals surface area contributed by atoms with Gasteiger partial charge in [0.05, 0.1) is 29.5 Å². The minimum absolute atomic E-state index is 0.126. The van der Waals surface area contributed by atoms with Gasteiger partial charge in [-0.05, 0) is 30.5 Å². The van der Waals surface area contributed by atoms with Gasteiger partial charge in [-0.15, -0.1) is 11.3 Å². The summed E-state index contributed by atoms with van der Waals surface area (Å²) in [5, 5.41) is 1.92. The maximum absolute atomic E-state index is 13.5. The third-order valence-corrected chi connectivity index (χ3v) is 7.16. The molecule has 1 aliphatic rings. The highest BCUT2D eigenvalue weighted by Crippen LogP contribution is 2.33. The number of nitrogens with zero attached hydrogens (tertiary/aromatic N) is 2. The molecule has 1 aromatic carbocycles. The van der Waals surface area contributed by atoms with Crippen molar-refractivity contribution in [1.82, 2.24) is 4.57 Å². The van der Waals surface area contributed by atoms with E-state index in [1.807, 2.05) is 53.9 Å². The van der Waals surface area contributed by atoms with Crippen LogP contribution in [0.4, 0.5) is 0 Å². The van der Waals surface area contributed by atoms with Crippen molar-refractivity contribution in [3.05, 3.63) is 89.3 Å². The fourth-order valence-corrected chi connectivity index (χ4v) is 5.47. The number of ether oxygens (including phenoxy) is 3. The Bertz CT molecular complexity index is 1410. The highest BCUT2D eigenvalue weighted by atomic mass is 32.1. The van der Waals surface area contributed by atoms with E-state index in [0.29, 0.717) is 27.2 Å². The molecule has 0 aliphatic carbocycles. The van der Waals surface area contributed by atoms with E-state index in [1.165, 1.54) is 22.7 Å². The minimum Gasteiger partial charge on any atom is -0.496 e. The highest BCUT2D eigenvalue weighted by molar-refractivity contribution is 7.10. The van der Waals surface area contributed by atoms with Gasteiger partial charge in [0.15, 0.2) is 4.80 Å². The molecular formula is C25H24N2O5S2. The first-order valence-corrected chi connectivity index (χ1v) is 12.3. The Morgan fingerprint density at radius 2 is 2.00 bits per heavy atom. The van der Waals surface area contributed by atoms with Crippen LogP contribution in [0, 0.1) is 0 Å². The SMILES string of the molecule is COCCOC(=O)C1=C(C)N=c2sc(=C/C=C\c3ccccc3OC)c(=O)n2[C@@H]1c1cccs1. The Kier molecular flexibility index (Phi) is 7.56. The summed E-state index contributed by atoms with van der Waals surface area (Å²) in [4.78, 5) is 32.4. The third-order valence-electron chi connectivity index (χ3n) is 5.24. The van der Waals surface area contributed by atoms with Gasteiger partial charge in [0.1, 0.15) is 18.4 Å². The number of carbonyl (C=O) groups is 1. The van der Waals surface area contributed by atoms with Gasteiger partial charge in [-0.1, -0.05) is 47.8 Å². The van der Waals surface area contributed by atoms with Crippen LogP contribution >= 0.6 is 22.7 Å². The van der Waals surface area contributed by atoms with Gasteiger partial charge in [-0.3, -0.25) is 9.36 Å². The molecule has 34 heavy (non-hydrogen) atoms. The van der Waals surface area contributed by atoms with Crippen molar-refractivity contribution in [3.8, 4) is 5.75 Å². The number of thiophene rings is 1. The molecule has 0 fully saturated rings. The molecule has 9 heteroatoms. The predicted molar refractivity (Wildman–Crippen MR) is 134 cm³/mol. The summed E-state index contributed by atoms with van der Waals surface area (Å²) >= 11 is 2.77. The van der Waals surface area contributed by atoms with Crippen LogP contribution in [0.3, 0.4) is 0 Å². The number of aromatic nitrogens is 1. The number of esters is 1. The average Bonchev–Trinajstić information content (AvgIpc) is 3.47. The van der Waals surface area contributed by atoms with Crippen molar-refractivity contribution < 1.29 is 19.0 Å². The molecule has 0 amide bonds. The van der Waals surface area contributed by atoms with Crippen LogP contribution in [0.25, 0.3) is 12.2 Å². The summed E-state index contributed by atoms with van der Waals surface area (Å²) in [6.45, 7) is 2.19. The largest absolute Gasteiger partial charge is 0.496 e. The van der Waals surface area contributed by atoms with Crippen LogP contribution in [0.15, 0.2) is 68.9 Å². The summed E-state index contributed by atoms with van der Waals surface area (Å²) < 4.78 is 17.9. The van der Waals surface area contributed by atoms with Crippen molar-refractivity contribution in [2.75, 3.05) is 27.4 Å². The number of rotatable bonds is 8. The van der Waals surface area contributed by atoms with E-state index < -0.39 is 12.0 Å². The fraction of sp³-hybridized carbons (Fsp3) is 0.240. The van der Waals surface area contributed by atoms with Crippen molar-refractivity contribution >= 4 is 40.8 Å². The van der Waals surface area contributed by atoms with Crippen molar-refractivity contribution in [2.24, 2.45) is 4.99 Å². The third kappa shape index (κ3) is 4.82.